The van der Waals surface area contributed by atoms with E-state index >= 15 is 0 Å². The van der Waals surface area contributed by atoms with Crippen LogP contribution in [0, 0.1) is 0 Å². The highest BCUT2D eigenvalue weighted by atomic mass is 16.2. The van der Waals surface area contributed by atoms with Gasteiger partial charge in [0.2, 0.25) is 5.91 Å². The first-order chi connectivity index (χ1) is 7.11. The van der Waals surface area contributed by atoms with E-state index in [2.05, 4.69) is 10.2 Å². The molecule has 0 spiro atoms. The van der Waals surface area contributed by atoms with Crippen LogP contribution in [0.4, 0.5) is 0 Å². The van der Waals surface area contributed by atoms with Crippen molar-refractivity contribution in [2.45, 2.75) is 0 Å². The minimum atomic E-state index is -0.739. The number of primary amides is 1. The highest BCUT2D eigenvalue weighted by Crippen LogP contribution is 2.09. The molecule has 0 saturated heterocycles. The minimum Gasteiger partial charge on any atom is -0.366 e. The predicted octanol–water partition coefficient (Wildman–Crippen LogP) is -0.685. The Balaban J connectivity index is 3.10. The van der Waals surface area contributed by atoms with Crippen molar-refractivity contribution in [2.24, 2.45) is 5.73 Å². The van der Waals surface area contributed by atoms with Gasteiger partial charge in [-0.2, -0.15) is 0 Å². The highest BCUT2D eigenvalue weighted by Gasteiger charge is 2.11. The third kappa shape index (κ3) is 1.32. The Kier molecular flexibility index (Phi) is 1.89. The van der Waals surface area contributed by atoms with Gasteiger partial charge in [-0.15, -0.1) is 0 Å². The Morgan fingerprint density at radius 1 is 1.13 bits per heavy atom. The standard InChI is InChI=1S/C9H7N3O3/c10-7(13)4-2-1-3-5-6(4)9(15)12-11-8(5)14/h1-3H,(H2,10,13)(H,11,14)(H,12,15). The molecule has 15 heavy (non-hydrogen) atoms. The second kappa shape index (κ2) is 3.09. The zero-order valence-corrected chi connectivity index (χ0v) is 7.53. The van der Waals surface area contributed by atoms with Gasteiger partial charge in [-0.25, -0.2) is 0 Å². The maximum atomic E-state index is 11.4. The zero-order chi connectivity index (χ0) is 11.0. The van der Waals surface area contributed by atoms with Crippen LogP contribution in [0.1, 0.15) is 10.4 Å². The third-order valence-corrected chi connectivity index (χ3v) is 2.09. The molecule has 2 aromatic rings. The summed E-state index contributed by atoms with van der Waals surface area (Å²) in [5, 5.41) is 4.47. The average molecular weight is 205 g/mol. The number of rotatable bonds is 1. The van der Waals surface area contributed by atoms with Crippen LogP contribution in [-0.2, 0) is 0 Å². The van der Waals surface area contributed by atoms with Crippen molar-refractivity contribution in [1.82, 2.24) is 10.2 Å². The van der Waals surface area contributed by atoms with Crippen molar-refractivity contribution in [3.63, 3.8) is 0 Å². The van der Waals surface area contributed by atoms with Gasteiger partial charge in [0.05, 0.1) is 16.3 Å². The minimum absolute atomic E-state index is 0.0220. The predicted molar refractivity (Wildman–Crippen MR) is 53.7 cm³/mol. The molecule has 0 radical (unpaired) electrons. The van der Waals surface area contributed by atoms with Gasteiger partial charge < -0.3 is 5.73 Å². The van der Waals surface area contributed by atoms with Crippen LogP contribution in [0.5, 0.6) is 0 Å². The number of carbonyl (C=O) groups is 1. The first-order valence-corrected chi connectivity index (χ1v) is 4.15. The summed E-state index contributed by atoms with van der Waals surface area (Å²) in [5.41, 5.74) is 4.13. The van der Waals surface area contributed by atoms with Crippen LogP contribution in [0.15, 0.2) is 27.8 Å². The second-order valence-corrected chi connectivity index (χ2v) is 3.00. The van der Waals surface area contributed by atoms with Crippen molar-refractivity contribution in [1.29, 1.82) is 0 Å². The van der Waals surface area contributed by atoms with E-state index in [0.29, 0.717) is 0 Å². The lowest BCUT2D eigenvalue weighted by Gasteiger charge is -1.99. The molecular weight excluding hydrogens is 198 g/mol. The normalized spacial score (nSPS) is 10.4. The SMILES string of the molecule is NC(=O)c1cccc2c(=O)[nH][nH]c(=O)c12. The molecule has 0 fully saturated rings. The summed E-state index contributed by atoms with van der Waals surface area (Å²) >= 11 is 0. The van der Waals surface area contributed by atoms with E-state index in [4.69, 9.17) is 5.73 Å². The summed E-state index contributed by atoms with van der Waals surface area (Å²) in [7, 11) is 0. The molecule has 6 heteroatoms. The number of hydrogen-bond donors (Lipinski definition) is 3. The molecule has 0 unspecified atom stereocenters. The Morgan fingerprint density at radius 2 is 1.80 bits per heavy atom. The van der Waals surface area contributed by atoms with Crippen LogP contribution in [0.3, 0.4) is 0 Å². The summed E-state index contributed by atoms with van der Waals surface area (Å²) in [6.07, 6.45) is 0. The number of aromatic amines is 2. The molecule has 1 heterocycles. The second-order valence-electron chi connectivity index (χ2n) is 3.00. The van der Waals surface area contributed by atoms with E-state index in [1.165, 1.54) is 18.2 Å². The van der Waals surface area contributed by atoms with Gasteiger partial charge in [0.15, 0.2) is 0 Å². The molecule has 4 N–H and O–H groups in total. The van der Waals surface area contributed by atoms with Crippen molar-refractivity contribution in [2.75, 3.05) is 0 Å². The molecule has 1 aromatic heterocycles. The number of hydrogen-bond acceptors (Lipinski definition) is 3. The van der Waals surface area contributed by atoms with Crippen LogP contribution in [-0.4, -0.2) is 16.1 Å². The summed E-state index contributed by atoms with van der Waals surface area (Å²) < 4.78 is 0. The number of aromatic nitrogens is 2. The van der Waals surface area contributed by atoms with Crippen LogP contribution in [0.25, 0.3) is 10.8 Å². The van der Waals surface area contributed by atoms with E-state index < -0.39 is 17.0 Å². The van der Waals surface area contributed by atoms with Gasteiger partial charge in [0.1, 0.15) is 0 Å². The van der Waals surface area contributed by atoms with Gasteiger partial charge in [-0.3, -0.25) is 24.6 Å². The average Bonchev–Trinajstić information content (AvgIpc) is 2.23. The van der Waals surface area contributed by atoms with Crippen LogP contribution >= 0.6 is 0 Å². The summed E-state index contributed by atoms with van der Waals surface area (Å²) in [6, 6.07) is 4.35. The lowest BCUT2D eigenvalue weighted by Crippen LogP contribution is -2.23. The third-order valence-electron chi connectivity index (χ3n) is 2.09. The number of nitrogens with one attached hydrogen (secondary N) is 2. The van der Waals surface area contributed by atoms with Crippen LogP contribution < -0.4 is 16.9 Å². The molecule has 0 aliphatic carbocycles. The van der Waals surface area contributed by atoms with Gasteiger partial charge in [0, 0.05) is 0 Å². The van der Waals surface area contributed by atoms with Gasteiger partial charge >= 0.3 is 0 Å². The van der Waals surface area contributed by atoms with E-state index in [0.717, 1.165) is 0 Å². The Labute approximate surface area is 82.7 Å². The van der Waals surface area contributed by atoms with Crippen LogP contribution in [0.2, 0.25) is 0 Å². The van der Waals surface area contributed by atoms with Crippen molar-refractivity contribution in [3.05, 3.63) is 44.5 Å². The molecule has 2 rings (SSSR count). The van der Waals surface area contributed by atoms with Gasteiger partial charge in [0.25, 0.3) is 11.1 Å². The first kappa shape index (κ1) is 9.20. The van der Waals surface area contributed by atoms with Crippen molar-refractivity contribution in [3.8, 4) is 0 Å². The zero-order valence-electron chi connectivity index (χ0n) is 7.53. The largest absolute Gasteiger partial charge is 0.366 e. The Morgan fingerprint density at radius 3 is 2.47 bits per heavy atom. The lowest BCUT2D eigenvalue weighted by molar-refractivity contribution is 0.100. The Bertz CT molecular complexity index is 653. The molecule has 0 saturated carbocycles. The fourth-order valence-corrected chi connectivity index (χ4v) is 1.43. The maximum Gasteiger partial charge on any atom is 0.271 e. The number of benzene rings is 1. The van der Waals surface area contributed by atoms with E-state index in [-0.39, 0.29) is 16.3 Å². The topological polar surface area (TPSA) is 109 Å². The van der Waals surface area contributed by atoms with E-state index in [1.54, 1.807) is 0 Å². The summed E-state index contributed by atoms with van der Waals surface area (Å²) in [5.74, 6) is -0.739. The smallest absolute Gasteiger partial charge is 0.271 e. The molecule has 1 amide bonds. The monoisotopic (exact) mass is 205 g/mol. The lowest BCUT2D eigenvalue weighted by atomic mass is 10.1. The number of carbonyl (C=O) groups excluding carboxylic acids is 1. The molecule has 0 aliphatic heterocycles. The first-order valence-electron chi connectivity index (χ1n) is 4.15. The van der Waals surface area contributed by atoms with E-state index in [1.807, 2.05) is 0 Å². The molecule has 0 atom stereocenters. The number of nitrogens with two attached hydrogens (primary N) is 1. The molecular formula is C9H7N3O3. The summed E-state index contributed by atoms with van der Waals surface area (Å²) in [6.45, 7) is 0. The number of H-pyrrole nitrogens is 2. The molecule has 1 aromatic carbocycles. The number of fused-ring (bicyclic) bond motifs is 1. The maximum absolute atomic E-state index is 11.4. The molecule has 0 aliphatic rings. The number of amides is 1. The quantitative estimate of drug-likeness (QED) is 0.573. The van der Waals surface area contributed by atoms with Crippen molar-refractivity contribution >= 4 is 16.7 Å². The van der Waals surface area contributed by atoms with Gasteiger partial charge in [-0.1, -0.05) is 6.07 Å². The molecule has 76 valence electrons. The molecule has 0 bridgehead atoms. The fourth-order valence-electron chi connectivity index (χ4n) is 1.43. The summed E-state index contributed by atoms with van der Waals surface area (Å²) in [4.78, 5) is 33.8. The van der Waals surface area contributed by atoms with Crippen molar-refractivity contribution < 1.29 is 4.79 Å². The highest BCUT2D eigenvalue weighted by molar-refractivity contribution is 6.05. The Hall–Kier alpha value is -2.37. The fraction of sp³-hybridized carbons (Fsp3) is 0. The van der Waals surface area contributed by atoms with E-state index in [9.17, 15) is 14.4 Å². The van der Waals surface area contributed by atoms with Gasteiger partial charge in [-0.05, 0) is 12.1 Å². The molecule has 6 nitrogen and oxygen atoms in total.